The third kappa shape index (κ3) is 4.71. The van der Waals surface area contributed by atoms with E-state index in [0.717, 1.165) is 0 Å². The van der Waals surface area contributed by atoms with E-state index in [1.165, 1.54) is 18.3 Å². The zero-order valence-electron chi connectivity index (χ0n) is 13.6. The summed E-state index contributed by atoms with van der Waals surface area (Å²) in [6.07, 6.45) is -1.30. The lowest BCUT2D eigenvalue weighted by molar-refractivity contribution is 0.0794. The third-order valence-corrected chi connectivity index (χ3v) is 3.20. The molecule has 130 valence electrons. The molecule has 0 unspecified atom stereocenters. The monoisotopic (exact) mass is 339 g/mol. The molecule has 0 aliphatic heterocycles. The first kappa shape index (κ1) is 17.8. The normalized spacial score (nSPS) is 12.5. The van der Waals surface area contributed by atoms with Gasteiger partial charge in [0.1, 0.15) is 5.82 Å². The highest BCUT2D eigenvalue weighted by Gasteiger charge is 2.23. The van der Waals surface area contributed by atoms with Crippen LogP contribution in [0.2, 0.25) is 0 Å². The number of hydrogen-bond donors (Lipinski definition) is 2. The minimum Gasteiger partial charge on any atom is -0.472 e. The summed E-state index contributed by atoms with van der Waals surface area (Å²) in [6.45, 7) is 4.92. The van der Waals surface area contributed by atoms with E-state index in [-0.39, 0.29) is 29.3 Å². The summed E-state index contributed by atoms with van der Waals surface area (Å²) in [5.74, 6) is 0.916. The number of aromatic nitrogens is 4. The zero-order valence-corrected chi connectivity index (χ0v) is 13.6. The Hall–Kier alpha value is -2.58. The van der Waals surface area contributed by atoms with Gasteiger partial charge >= 0.3 is 0 Å². The molecule has 2 heterocycles. The Balaban J connectivity index is 2.04. The van der Waals surface area contributed by atoms with Gasteiger partial charge in [-0.2, -0.15) is 5.10 Å². The summed E-state index contributed by atoms with van der Waals surface area (Å²) in [5.41, 5.74) is 0.289. The second kappa shape index (κ2) is 7.80. The number of hydrogen-bond acceptors (Lipinski definition) is 5. The molecule has 1 amide bonds. The first-order chi connectivity index (χ1) is 11.4. The van der Waals surface area contributed by atoms with E-state index in [4.69, 9.17) is 4.74 Å². The van der Waals surface area contributed by atoms with Crippen molar-refractivity contribution in [1.29, 1.82) is 0 Å². The molecule has 2 aromatic heterocycles. The van der Waals surface area contributed by atoms with Gasteiger partial charge < -0.3 is 10.1 Å². The molecule has 2 aromatic rings. The van der Waals surface area contributed by atoms with Crippen molar-refractivity contribution in [3.05, 3.63) is 35.5 Å². The van der Waals surface area contributed by atoms with Crippen LogP contribution < -0.4 is 10.1 Å². The Morgan fingerprint density at radius 1 is 1.38 bits per heavy atom. The second-order valence-corrected chi connectivity index (χ2v) is 5.56. The van der Waals surface area contributed by atoms with E-state index in [9.17, 15) is 13.6 Å². The predicted octanol–water partition coefficient (Wildman–Crippen LogP) is 2.28. The molecule has 1 atom stereocenters. The first-order valence-corrected chi connectivity index (χ1v) is 7.43. The average Bonchev–Trinajstić information content (AvgIpc) is 2.96. The first-order valence-electron chi connectivity index (χ1n) is 7.43. The standard InChI is InChI=1S/C15H19F2N5O2/c1-8(2)13(14-19-9(3)21-22-14)20-15(23)10-4-5-12(18-6-10)24-7-11(16)17/h4-6,8,11,13H,7H2,1-3H3,(H,20,23)(H,19,21,22)/t13-/m1/s1. The van der Waals surface area contributed by atoms with Crippen LogP contribution in [0.3, 0.4) is 0 Å². The van der Waals surface area contributed by atoms with Crippen molar-refractivity contribution in [2.24, 2.45) is 5.92 Å². The van der Waals surface area contributed by atoms with Crippen molar-refractivity contribution in [2.45, 2.75) is 33.2 Å². The van der Waals surface area contributed by atoms with Crippen molar-refractivity contribution in [2.75, 3.05) is 6.61 Å². The van der Waals surface area contributed by atoms with Gasteiger partial charge in [0.05, 0.1) is 11.6 Å². The maximum Gasteiger partial charge on any atom is 0.272 e. The number of pyridine rings is 1. The molecule has 0 spiro atoms. The van der Waals surface area contributed by atoms with Gasteiger partial charge in [-0.15, -0.1) is 0 Å². The van der Waals surface area contributed by atoms with Gasteiger partial charge in [-0.25, -0.2) is 18.7 Å². The molecule has 0 aliphatic rings. The fraction of sp³-hybridized carbons (Fsp3) is 0.467. The molecule has 0 fully saturated rings. The van der Waals surface area contributed by atoms with Gasteiger partial charge in [0.25, 0.3) is 12.3 Å². The van der Waals surface area contributed by atoms with Gasteiger partial charge in [-0.3, -0.25) is 9.89 Å². The van der Waals surface area contributed by atoms with Crippen LogP contribution in [0, 0.1) is 12.8 Å². The van der Waals surface area contributed by atoms with Crippen molar-refractivity contribution >= 4 is 5.91 Å². The highest BCUT2D eigenvalue weighted by Crippen LogP contribution is 2.19. The molecule has 2 N–H and O–H groups in total. The van der Waals surface area contributed by atoms with E-state index < -0.39 is 13.0 Å². The van der Waals surface area contributed by atoms with Gasteiger partial charge in [0, 0.05) is 12.3 Å². The summed E-state index contributed by atoms with van der Waals surface area (Å²) in [5, 5.41) is 9.67. The minimum absolute atomic E-state index is 0.0388. The molecular weight excluding hydrogens is 320 g/mol. The van der Waals surface area contributed by atoms with Crippen molar-refractivity contribution in [3.8, 4) is 5.88 Å². The number of amides is 1. The Morgan fingerprint density at radius 3 is 2.62 bits per heavy atom. The minimum atomic E-state index is -2.58. The van der Waals surface area contributed by atoms with Gasteiger partial charge in [-0.1, -0.05) is 13.8 Å². The fourth-order valence-corrected chi connectivity index (χ4v) is 2.00. The number of aryl methyl sites for hydroxylation is 1. The number of nitrogens with zero attached hydrogens (tertiary/aromatic N) is 3. The molecule has 0 saturated heterocycles. The molecule has 0 radical (unpaired) electrons. The SMILES string of the molecule is Cc1nc([C@H](NC(=O)c2ccc(OCC(F)F)nc2)C(C)C)n[nH]1. The summed E-state index contributed by atoms with van der Waals surface area (Å²) in [4.78, 5) is 20.4. The Kier molecular flexibility index (Phi) is 5.78. The van der Waals surface area contributed by atoms with Crippen LogP contribution in [-0.2, 0) is 0 Å². The maximum atomic E-state index is 12.3. The van der Waals surface area contributed by atoms with Crippen LogP contribution in [0.25, 0.3) is 0 Å². The van der Waals surface area contributed by atoms with E-state index in [1.807, 2.05) is 13.8 Å². The largest absolute Gasteiger partial charge is 0.472 e. The van der Waals surface area contributed by atoms with Crippen molar-refractivity contribution < 1.29 is 18.3 Å². The molecule has 24 heavy (non-hydrogen) atoms. The topological polar surface area (TPSA) is 92.8 Å². The highest BCUT2D eigenvalue weighted by molar-refractivity contribution is 5.94. The summed E-state index contributed by atoms with van der Waals surface area (Å²) in [7, 11) is 0. The molecule has 7 nitrogen and oxygen atoms in total. The lowest BCUT2D eigenvalue weighted by Gasteiger charge is -2.19. The average molecular weight is 339 g/mol. The van der Waals surface area contributed by atoms with Crippen LogP contribution in [0.4, 0.5) is 8.78 Å². The fourth-order valence-electron chi connectivity index (χ4n) is 2.00. The second-order valence-electron chi connectivity index (χ2n) is 5.56. The number of aromatic amines is 1. The molecule has 2 rings (SSSR count). The summed E-state index contributed by atoms with van der Waals surface area (Å²) in [6, 6.07) is 2.47. The number of halogens is 2. The Morgan fingerprint density at radius 2 is 2.12 bits per heavy atom. The van der Waals surface area contributed by atoms with E-state index in [1.54, 1.807) is 6.92 Å². The van der Waals surface area contributed by atoms with Gasteiger partial charge in [-0.05, 0) is 18.9 Å². The van der Waals surface area contributed by atoms with E-state index in [2.05, 4.69) is 25.5 Å². The lowest BCUT2D eigenvalue weighted by Crippen LogP contribution is -2.32. The number of carbonyl (C=O) groups excluding carboxylic acids is 1. The van der Waals surface area contributed by atoms with Gasteiger partial charge in [0.2, 0.25) is 5.88 Å². The molecule has 0 aliphatic carbocycles. The van der Waals surface area contributed by atoms with Crippen LogP contribution in [0.1, 0.15) is 41.9 Å². The van der Waals surface area contributed by atoms with Crippen LogP contribution in [0.15, 0.2) is 18.3 Å². The number of rotatable bonds is 7. The van der Waals surface area contributed by atoms with Crippen LogP contribution in [0.5, 0.6) is 5.88 Å². The number of alkyl halides is 2. The summed E-state index contributed by atoms with van der Waals surface area (Å²) < 4.78 is 28.9. The molecular formula is C15H19F2N5O2. The summed E-state index contributed by atoms with van der Waals surface area (Å²) >= 11 is 0. The maximum absolute atomic E-state index is 12.3. The van der Waals surface area contributed by atoms with Crippen molar-refractivity contribution in [3.63, 3.8) is 0 Å². The Bertz CT molecular complexity index is 673. The number of nitrogens with one attached hydrogen (secondary N) is 2. The number of H-pyrrole nitrogens is 1. The molecule has 0 bridgehead atoms. The smallest absolute Gasteiger partial charge is 0.272 e. The molecule has 0 aromatic carbocycles. The highest BCUT2D eigenvalue weighted by atomic mass is 19.3. The van der Waals surface area contributed by atoms with Crippen molar-refractivity contribution in [1.82, 2.24) is 25.5 Å². The van der Waals surface area contributed by atoms with E-state index >= 15 is 0 Å². The lowest BCUT2D eigenvalue weighted by atomic mass is 10.0. The quantitative estimate of drug-likeness (QED) is 0.807. The third-order valence-electron chi connectivity index (χ3n) is 3.20. The van der Waals surface area contributed by atoms with Crippen LogP contribution >= 0.6 is 0 Å². The number of ether oxygens (including phenoxy) is 1. The van der Waals surface area contributed by atoms with E-state index in [0.29, 0.717) is 11.6 Å². The predicted molar refractivity (Wildman–Crippen MR) is 81.9 cm³/mol. The number of carbonyl (C=O) groups is 1. The van der Waals surface area contributed by atoms with Crippen LogP contribution in [-0.4, -0.2) is 39.1 Å². The zero-order chi connectivity index (χ0) is 17.7. The van der Waals surface area contributed by atoms with Gasteiger partial charge in [0.15, 0.2) is 12.4 Å². The Labute approximate surface area is 137 Å². The molecule has 0 saturated carbocycles. The molecule has 9 heteroatoms.